The topological polar surface area (TPSA) is 70.3 Å². The third-order valence-corrected chi connectivity index (χ3v) is 3.08. The predicted octanol–water partition coefficient (Wildman–Crippen LogP) is 1.79. The highest BCUT2D eigenvalue weighted by Crippen LogP contribution is 2.29. The van der Waals surface area contributed by atoms with Gasteiger partial charge in [-0.15, -0.1) is 0 Å². The normalized spacial score (nSPS) is 14.5. The molecule has 0 aliphatic carbocycles. The molecule has 0 radical (unpaired) electrons. The molecular formula is C12H21N3O2. The summed E-state index contributed by atoms with van der Waals surface area (Å²) in [7, 11) is 3.10. The molecule has 0 amide bonds. The summed E-state index contributed by atoms with van der Waals surface area (Å²) in [5.41, 5.74) is 6.86. The minimum atomic E-state index is -0.191. The van der Waals surface area contributed by atoms with Crippen LogP contribution in [0.4, 0.5) is 0 Å². The van der Waals surface area contributed by atoms with Crippen LogP contribution in [-0.2, 0) is 0 Å². The van der Waals surface area contributed by atoms with Crippen molar-refractivity contribution in [1.82, 2.24) is 9.97 Å². The number of methoxy groups -OCH3 is 2. The van der Waals surface area contributed by atoms with Gasteiger partial charge in [0.25, 0.3) is 0 Å². The van der Waals surface area contributed by atoms with E-state index in [1.54, 1.807) is 20.4 Å². The van der Waals surface area contributed by atoms with E-state index in [1.165, 1.54) is 0 Å². The lowest BCUT2D eigenvalue weighted by Crippen LogP contribution is -2.25. The molecule has 1 heterocycles. The summed E-state index contributed by atoms with van der Waals surface area (Å²) in [6, 6.07) is -0.191. The summed E-state index contributed by atoms with van der Waals surface area (Å²) < 4.78 is 10.2. The molecule has 0 saturated carbocycles. The van der Waals surface area contributed by atoms with Gasteiger partial charge in [-0.3, -0.25) is 0 Å². The molecule has 0 bridgehead atoms. The molecule has 0 aliphatic heterocycles. The van der Waals surface area contributed by atoms with Crippen LogP contribution < -0.4 is 15.2 Å². The van der Waals surface area contributed by atoms with Gasteiger partial charge < -0.3 is 15.2 Å². The van der Waals surface area contributed by atoms with Crippen molar-refractivity contribution in [3.63, 3.8) is 0 Å². The molecule has 0 aromatic carbocycles. The quantitative estimate of drug-likeness (QED) is 0.848. The third kappa shape index (κ3) is 3.06. The fourth-order valence-electron chi connectivity index (χ4n) is 1.51. The average molecular weight is 239 g/mol. The molecular weight excluding hydrogens is 218 g/mol. The first-order chi connectivity index (χ1) is 8.01. The molecule has 2 N–H and O–H groups in total. The second-order valence-electron chi connectivity index (χ2n) is 4.44. The fraction of sp³-hybridized carbons (Fsp3) is 0.667. The molecule has 0 saturated heterocycles. The Hall–Kier alpha value is -1.36. The highest BCUT2D eigenvalue weighted by Gasteiger charge is 2.23. The maximum atomic E-state index is 6.18. The van der Waals surface area contributed by atoms with Crippen molar-refractivity contribution in [3.05, 3.63) is 11.9 Å². The number of ether oxygens (including phenoxy) is 2. The minimum Gasteiger partial charge on any atom is -0.480 e. The molecule has 5 nitrogen and oxygen atoms in total. The summed E-state index contributed by atoms with van der Waals surface area (Å²) in [5.74, 6) is 1.63. The van der Waals surface area contributed by atoms with Crippen LogP contribution >= 0.6 is 0 Å². The Morgan fingerprint density at radius 2 is 1.82 bits per heavy atom. The van der Waals surface area contributed by atoms with Gasteiger partial charge in [-0.05, 0) is 11.8 Å². The molecule has 2 atom stereocenters. The monoisotopic (exact) mass is 239 g/mol. The van der Waals surface area contributed by atoms with Crippen LogP contribution in [0.5, 0.6) is 11.8 Å². The van der Waals surface area contributed by atoms with Gasteiger partial charge in [-0.25, -0.2) is 4.98 Å². The molecule has 0 spiro atoms. The summed E-state index contributed by atoms with van der Waals surface area (Å²) in [6.07, 6.45) is 1.56. The highest BCUT2D eigenvalue weighted by molar-refractivity contribution is 5.25. The van der Waals surface area contributed by atoms with Gasteiger partial charge in [-0.2, -0.15) is 4.98 Å². The Bertz CT molecular complexity index is 369. The van der Waals surface area contributed by atoms with Crippen LogP contribution in [0.25, 0.3) is 0 Å². The van der Waals surface area contributed by atoms with E-state index < -0.39 is 0 Å². The van der Waals surface area contributed by atoms with Crippen molar-refractivity contribution < 1.29 is 9.47 Å². The molecule has 1 rings (SSSR count). The number of hydrogen-bond acceptors (Lipinski definition) is 5. The number of aromatic nitrogens is 2. The summed E-state index contributed by atoms with van der Waals surface area (Å²) in [5, 5.41) is 0. The lowest BCUT2D eigenvalue weighted by molar-refractivity contribution is 0.318. The van der Waals surface area contributed by atoms with E-state index in [-0.39, 0.29) is 6.04 Å². The van der Waals surface area contributed by atoms with E-state index in [0.29, 0.717) is 29.3 Å². The molecule has 1 aromatic rings. The minimum absolute atomic E-state index is 0.191. The molecule has 1 aromatic heterocycles. The lowest BCUT2D eigenvalue weighted by Gasteiger charge is -2.23. The number of hydrogen-bond donors (Lipinski definition) is 1. The van der Waals surface area contributed by atoms with Crippen LogP contribution in [-0.4, -0.2) is 24.2 Å². The number of nitrogens with two attached hydrogens (primary N) is 1. The fourth-order valence-corrected chi connectivity index (χ4v) is 1.51. The summed E-state index contributed by atoms with van der Waals surface area (Å²) >= 11 is 0. The number of rotatable bonds is 5. The summed E-state index contributed by atoms with van der Waals surface area (Å²) in [6.45, 7) is 6.36. The Morgan fingerprint density at radius 1 is 1.18 bits per heavy atom. The van der Waals surface area contributed by atoms with E-state index in [4.69, 9.17) is 15.2 Å². The number of nitrogens with zero attached hydrogens (tertiary/aromatic N) is 2. The van der Waals surface area contributed by atoms with Crippen molar-refractivity contribution >= 4 is 0 Å². The van der Waals surface area contributed by atoms with Gasteiger partial charge in [0.1, 0.15) is 5.69 Å². The zero-order valence-electron chi connectivity index (χ0n) is 11.1. The van der Waals surface area contributed by atoms with Crippen molar-refractivity contribution in [2.24, 2.45) is 17.6 Å². The molecule has 2 unspecified atom stereocenters. The Balaban J connectivity index is 3.04. The van der Waals surface area contributed by atoms with E-state index in [0.717, 1.165) is 0 Å². The zero-order valence-corrected chi connectivity index (χ0v) is 11.1. The van der Waals surface area contributed by atoms with E-state index in [9.17, 15) is 0 Å². The van der Waals surface area contributed by atoms with Crippen LogP contribution in [0.2, 0.25) is 0 Å². The Labute approximate surface area is 102 Å². The second-order valence-corrected chi connectivity index (χ2v) is 4.44. The van der Waals surface area contributed by atoms with Crippen molar-refractivity contribution in [1.29, 1.82) is 0 Å². The van der Waals surface area contributed by atoms with Gasteiger partial charge in [-0.1, -0.05) is 20.8 Å². The Kier molecular flexibility index (Phi) is 4.69. The SMILES string of the molecule is COc1cnc(C(N)C(C)C(C)C)c(OC)n1. The molecule has 17 heavy (non-hydrogen) atoms. The smallest absolute Gasteiger partial charge is 0.240 e. The first-order valence-electron chi connectivity index (χ1n) is 5.71. The van der Waals surface area contributed by atoms with Gasteiger partial charge >= 0.3 is 0 Å². The van der Waals surface area contributed by atoms with Crippen molar-refractivity contribution in [3.8, 4) is 11.8 Å². The first-order valence-corrected chi connectivity index (χ1v) is 5.71. The van der Waals surface area contributed by atoms with Gasteiger partial charge in [0.2, 0.25) is 11.8 Å². The predicted molar refractivity (Wildman–Crippen MR) is 66.1 cm³/mol. The van der Waals surface area contributed by atoms with Crippen LogP contribution in [0.15, 0.2) is 6.20 Å². The molecule has 0 aliphatic rings. The molecule has 0 fully saturated rings. The van der Waals surface area contributed by atoms with Gasteiger partial charge in [0, 0.05) is 0 Å². The zero-order chi connectivity index (χ0) is 13.0. The van der Waals surface area contributed by atoms with E-state index in [2.05, 4.69) is 30.7 Å². The average Bonchev–Trinajstić information content (AvgIpc) is 2.35. The standard InChI is InChI=1S/C12H21N3O2/c1-7(2)8(3)10(13)11-12(17-5)15-9(16-4)6-14-11/h6-8,10H,13H2,1-5H3. The third-order valence-electron chi connectivity index (χ3n) is 3.08. The highest BCUT2D eigenvalue weighted by atomic mass is 16.5. The van der Waals surface area contributed by atoms with Crippen LogP contribution in [0.1, 0.15) is 32.5 Å². The van der Waals surface area contributed by atoms with E-state index >= 15 is 0 Å². The maximum absolute atomic E-state index is 6.18. The van der Waals surface area contributed by atoms with Crippen LogP contribution in [0.3, 0.4) is 0 Å². The molecule has 96 valence electrons. The van der Waals surface area contributed by atoms with Crippen molar-refractivity contribution in [2.75, 3.05) is 14.2 Å². The maximum Gasteiger partial charge on any atom is 0.240 e. The second kappa shape index (κ2) is 5.82. The van der Waals surface area contributed by atoms with Gasteiger partial charge in [0.05, 0.1) is 26.5 Å². The Morgan fingerprint density at radius 3 is 2.29 bits per heavy atom. The lowest BCUT2D eigenvalue weighted by atomic mass is 9.89. The van der Waals surface area contributed by atoms with Crippen molar-refractivity contribution in [2.45, 2.75) is 26.8 Å². The molecule has 5 heteroatoms. The summed E-state index contributed by atoms with van der Waals surface area (Å²) in [4.78, 5) is 8.47. The first kappa shape index (κ1) is 13.7. The largest absolute Gasteiger partial charge is 0.480 e. The van der Waals surface area contributed by atoms with Gasteiger partial charge in [0.15, 0.2) is 0 Å². The van der Waals surface area contributed by atoms with E-state index in [1.807, 2.05) is 0 Å². The van der Waals surface area contributed by atoms with Crippen LogP contribution in [0, 0.1) is 11.8 Å².